The maximum Gasteiger partial charge on any atom is 0.274 e. The van der Waals surface area contributed by atoms with Crippen LogP contribution in [0.25, 0.3) is 0 Å². The zero-order valence-corrected chi connectivity index (χ0v) is 10.4. The number of aromatic nitrogens is 2. The molecule has 0 spiro atoms. The molecule has 2 aliphatic rings. The number of nitrogens with zero attached hydrogens (tertiary/aromatic N) is 2. The van der Waals surface area contributed by atoms with Crippen LogP contribution in [0.3, 0.4) is 0 Å². The quantitative estimate of drug-likeness (QED) is 0.866. The molecule has 0 saturated heterocycles. The van der Waals surface area contributed by atoms with Crippen molar-refractivity contribution in [3.63, 3.8) is 0 Å². The summed E-state index contributed by atoms with van der Waals surface area (Å²) in [6.07, 6.45) is 4.97. The predicted octanol–water partition coefficient (Wildman–Crippen LogP) is 2.16. The molecule has 17 heavy (non-hydrogen) atoms. The molecule has 1 atom stereocenters. The lowest BCUT2D eigenvalue weighted by molar-refractivity contribution is 0.0721. The minimum absolute atomic E-state index is 0.0487. The Bertz CT molecular complexity index is 432. The minimum Gasteiger partial charge on any atom is -0.337 e. The molecule has 3 rings (SSSR count). The number of hydrogen-bond donors (Lipinski definition) is 1. The van der Waals surface area contributed by atoms with Gasteiger partial charge >= 0.3 is 0 Å². The van der Waals surface area contributed by atoms with Gasteiger partial charge < -0.3 is 4.90 Å². The Morgan fingerprint density at radius 1 is 1.47 bits per heavy atom. The number of hydrogen-bond acceptors (Lipinski definition) is 2. The van der Waals surface area contributed by atoms with E-state index in [0.29, 0.717) is 23.6 Å². The Morgan fingerprint density at radius 3 is 2.76 bits per heavy atom. The smallest absolute Gasteiger partial charge is 0.274 e. The van der Waals surface area contributed by atoms with E-state index >= 15 is 0 Å². The molecule has 4 heteroatoms. The molecular formula is C13H19N3O. The Hall–Kier alpha value is -1.32. The molecular weight excluding hydrogens is 214 g/mol. The number of H-pyrrole nitrogens is 1. The molecule has 1 aromatic heterocycles. The Labute approximate surface area is 101 Å². The second-order valence-corrected chi connectivity index (χ2v) is 5.48. The van der Waals surface area contributed by atoms with E-state index in [1.54, 1.807) is 0 Å². The van der Waals surface area contributed by atoms with Gasteiger partial charge in [-0.2, -0.15) is 5.10 Å². The van der Waals surface area contributed by atoms with Gasteiger partial charge in [0.15, 0.2) is 0 Å². The normalized spacial score (nSPS) is 21.3. The van der Waals surface area contributed by atoms with Crippen molar-refractivity contribution in [1.29, 1.82) is 0 Å². The first-order chi connectivity index (χ1) is 8.16. The number of carbonyl (C=O) groups is 1. The predicted molar refractivity (Wildman–Crippen MR) is 64.8 cm³/mol. The molecule has 1 amide bonds. The van der Waals surface area contributed by atoms with Gasteiger partial charge in [0.05, 0.1) is 0 Å². The molecule has 2 aliphatic carbocycles. The monoisotopic (exact) mass is 233 g/mol. The zero-order valence-electron chi connectivity index (χ0n) is 10.4. The number of nitrogens with one attached hydrogen (secondary N) is 1. The molecule has 2 fully saturated rings. The summed E-state index contributed by atoms with van der Waals surface area (Å²) < 4.78 is 0. The number of carbonyl (C=O) groups excluding carboxylic acids is 1. The summed E-state index contributed by atoms with van der Waals surface area (Å²) in [5, 5.41) is 7.13. The van der Waals surface area contributed by atoms with E-state index in [2.05, 4.69) is 17.1 Å². The fourth-order valence-electron chi connectivity index (χ4n) is 2.31. The molecule has 0 aliphatic heterocycles. The van der Waals surface area contributed by atoms with Crippen LogP contribution < -0.4 is 0 Å². The Kier molecular flexibility index (Phi) is 2.45. The van der Waals surface area contributed by atoms with Crippen LogP contribution in [-0.2, 0) is 0 Å². The van der Waals surface area contributed by atoms with Crippen LogP contribution in [-0.4, -0.2) is 34.1 Å². The number of rotatable bonds is 4. The third-order valence-electron chi connectivity index (χ3n) is 4.07. The standard InChI is InChI=1S/C13H19N3O/c1-8(9-3-4-9)16(2)13(17)12-7-11(14-15-12)10-5-6-10/h7-10H,3-6H2,1-2H3,(H,14,15)/t8-/m1/s1. The van der Waals surface area contributed by atoms with E-state index in [4.69, 9.17) is 0 Å². The van der Waals surface area contributed by atoms with Crippen LogP contribution in [0.15, 0.2) is 6.07 Å². The summed E-state index contributed by atoms with van der Waals surface area (Å²) in [5.41, 5.74) is 1.70. The molecule has 1 heterocycles. The fourth-order valence-corrected chi connectivity index (χ4v) is 2.31. The molecule has 4 nitrogen and oxygen atoms in total. The van der Waals surface area contributed by atoms with Gasteiger partial charge in [-0.05, 0) is 44.6 Å². The third kappa shape index (κ3) is 2.08. The highest BCUT2D eigenvalue weighted by Crippen LogP contribution is 2.39. The average molecular weight is 233 g/mol. The van der Waals surface area contributed by atoms with Crippen molar-refractivity contribution in [1.82, 2.24) is 15.1 Å². The van der Waals surface area contributed by atoms with Gasteiger partial charge in [0, 0.05) is 24.7 Å². The summed E-state index contributed by atoms with van der Waals surface area (Å²) in [5.74, 6) is 1.37. The first-order valence-electron chi connectivity index (χ1n) is 6.49. The summed E-state index contributed by atoms with van der Waals surface area (Å²) in [7, 11) is 1.89. The van der Waals surface area contributed by atoms with Crippen LogP contribution in [0.4, 0.5) is 0 Å². The van der Waals surface area contributed by atoms with Gasteiger partial charge in [-0.25, -0.2) is 0 Å². The summed E-state index contributed by atoms with van der Waals surface area (Å²) >= 11 is 0. The second kappa shape index (κ2) is 3.86. The molecule has 2 saturated carbocycles. The minimum atomic E-state index is 0.0487. The van der Waals surface area contributed by atoms with E-state index in [0.717, 1.165) is 5.69 Å². The van der Waals surface area contributed by atoms with Crippen molar-refractivity contribution in [2.45, 2.75) is 44.6 Å². The first-order valence-corrected chi connectivity index (χ1v) is 6.49. The van der Waals surface area contributed by atoms with Crippen LogP contribution in [0, 0.1) is 5.92 Å². The molecule has 0 aromatic carbocycles. The second-order valence-electron chi connectivity index (χ2n) is 5.48. The van der Waals surface area contributed by atoms with Crippen LogP contribution >= 0.6 is 0 Å². The molecule has 0 unspecified atom stereocenters. The van der Waals surface area contributed by atoms with Crippen molar-refractivity contribution < 1.29 is 4.79 Å². The Morgan fingerprint density at radius 2 is 2.18 bits per heavy atom. The molecule has 1 aromatic rings. The van der Waals surface area contributed by atoms with E-state index in [1.165, 1.54) is 25.7 Å². The molecule has 0 bridgehead atoms. The topological polar surface area (TPSA) is 49.0 Å². The highest BCUT2D eigenvalue weighted by atomic mass is 16.2. The number of aromatic amines is 1. The van der Waals surface area contributed by atoms with E-state index < -0.39 is 0 Å². The lowest BCUT2D eigenvalue weighted by Gasteiger charge is -2.23. The zero-order chi connectivity index (χ0) is 12.0. The van der Waals surface area contributed by atoms with Crippen LogP contribution in [0.1, 0.15) is 54.7 Å². The van der Waals surface area contributed by atoms with Crippen molar-refractivity contribution in [3.8, 4) is 0 Å². The largest absolute Gasteiger partial charge is 0.337 e. The maximum absolute atomic E-state index is 12.2. The van der Waals surface area contributed by atoms with Gasteiger partial charge in [0.25, 0.3) is 5.91 Å². The Balaban J connectivity index is 1.70. The van der Waals surface area contributed by atoms with Crippen molar-refractivity contribution in [2.75, 3.05) is 7.05 Å². The third-order valence-corrected chi connectivity index (χ3v) is 4.07. The molecule has 1 N–H and O–H groups in total. The average Bonchev–Trinajstić information content (AvgIpc) is 3.24. The van der Waals surface area contributed by atoms with Gasteiger partial charge in [0.2, 0.25) is 0 Å². The first kappa shape index (κ1) is 10.8. The highest BCUT2D eigenvalue weighted by Gasteiger charge is 2.34. The lowest BCUT2D eigenvalue weighted by atomic mass is 10.2. The molecule has 0 radical (unpaired) electrons. The lowest BCUT2D eigenvalue weighted by Crippen LogP contribution is -2.36. The van der Waals surface area contributed by atoms with E-state index in [1.807, 2.05) is 18.0 Å². The van der Waals surface area contributed by atoms with Crippen LogP contribution in [0.2, 0.25) is 0 Å². The highest BCUT2D eigenvalue weighted by molar-refractivity contribution is 5.92. The van der Waals surface area contributed by atoms with Crippen molar-refractivity contribution in [2.24, 2.45) is 5.92 Å². The summed E-state index contributed by atoms with van der Waals surface area (Å²) in [4.78, 5) is 14.1. The maximum atomic E-state index is 12.2. The van der Waals surface area contributed by atoms with Crippen LogP contribution in [0.5, 0.6) is 0 Å². The number of amides is 1. The van der Waals surface area contributed by atoms with Gasteiger partial charge in [-0.15, -0.1) is 0 Å². The SMILES string of the molecule is C[C@H](C1CC1)N(C)C(=O)c1cc(C2CC2)[nH]n1. The van der Waals surface area contributed by atoms with Gasteiger partial charge in [-0.3, -0.25) is 9.89 Å². The fraction of sp³-hybridized carbons (Fsp3) is 0.692. The van der Waals surface area contributed by atoms with Crippen molar-refractivity contribution in [3.05, 3.63) is 17.5 Å². The van der Waals surface area contributed by atoms with E-state index in [-0.39, 0.29) is 5.91 Å². The molecule has 92 valence electrons. The van der Waals surface area contributed by atoms with Gasteiger partial charge in [-0.1, -0.05) is 0 Å². The summed E-state index contributed by atoms with van der Waals surface area (Å²) in [6, 6.07) is 2.26. The van der Waals surface area contributed by atoms with Crippen molar-refractivity contribution >= 4 is 5.91 Å². The van der Waals surface area contributed by atoms with Gasteiger partial charge in [0.1, 0.15) is 5.69 Å². The summed E-state index contributed by atoms with van der Waals surface area (Å²) in [6.45, 7) is 2.13. The van der Waals surface area contributed by atoms with E-state index in [9.17, 15) is 4.79 Å².